The Hall–Kier alpha value is -3.85. The summed E-state index contributed by atoms with van der Waals surface area (Å²) in [6, 6.07) is 15.2. The Morgan fingerprint density at radius 1 is 1.03 bits per heavy atom. The van der Waals surface area contributed by atoms with Crippen LogP contribution in [0.25, 0.3) is 27.8 Å². The van der Waals surface area contributed by atoms with Gasteiger partial charge in [-0.05, 0) is 67.4 Å². The third kappa shape index (κ3) is 4.16. The minimum atomic E-state index is -0.425. The molecule has 10 heteroatoms. The zero-order valence-corrected chi connectivity index (χ0v) is 22.5. The largest absolute Gasteiger partial charge is 0.324 e. The van der Waals surface area contributed by atoms with E-state index in [-0.39, 0.29) is 5.39 Å². The molecule has 0 saturated heterocycles. The Balaban J connectivity index is 1.35. The van der Waals surface area contributed by atoms with Gasteiger partial charge >= 0.3 is 0 Å². The maximum atomic E-state index is 13.6. The maximum absolute atomic E-state index is 13.6. The molecular formula is C29H23Cl2N7O. The van der Waals surface area contributed by atoms with Crippen LogP contribution in [0.4, 0.5) is 11.6 Å². The average Bonchev–Trinajstić information content (AvgIpc) is 3.69. The first kappa shape index (κ1) is 24.2. The monoisotopic (exact) mass is 555 g/mol. The topological polar surface area (TPSA) is 88.8 Å². The number of pyridine rings is 1. The van der Waals surface area contributed by atoms with Crippen molar-refractivity contribution in [3.05, 3.63) is 98.6 Å². The number of nitrogens with one attached hydrogen (secondary N) is 1. The number of para-hydroxylation sites is 1. The van der Waals surface area contributed by atoms with Gasteiger partial charge in [0.2, 0.25) is 5.95 Å². The van der Waals surface area contributed by atoms with Crippen molar-refractivity contribution in [3.63, 3.8) is 0 Å². The fraction of sp³-hybridized carbons (Fsp3) is 0.207. The van der Waals surface area contributed by atoms with Gasteiger partial charge in [-0.3, -0.25) is 9.78 Å². The molecule has 39 heavy (non-hydrogen) atoms. The fourth-order valence-corrected chi connectivity index (χ4v) is 6.16. The smallest absolute Gasteiger partial charge is 0.282 e. The summed E-state index contributed by atoms with van der Waals surface area (Å²) in [5.41, 5.74) is 5.41. The molecule has 1 aliphatic carbocycles. The second kappa shape index (κ2) is 9.12. The molecule has 0 atom stereocenters. The van der Waals surface area contributed by atoms with Gasteiger partial charge in [0.1, 0.15) is 16.9 Å². The lowest BCUT2D eigenvalue weighted by molar-refractivity contribution is 0.271. The van der Waals surface area contributed by atoms with Crippen molar-refractivity contribution in [1.29, 1.82) is 0 Å². The van der Waals surface area contributed by atoms with Crippen LogP contribution in [0, 0.1) is 0 Å². The third-order valence-electron chi connectivity index (χ3n) is 7.52. The Morgan fingerprint density at radius 2 is 1.85 bits per heavy atom. The Labute approximate surface area is 234 Å². The number of benzene rings is 2. The number of likely N-dealkylation sites (N-methyl/N-ethyl adjacent to an activating group) is 1. The molecule has 1 saturated carbocycles. The van der Waals surface area contributed by atoms with Crippen molar-refractivity contribution in [2.24, 2.45) is 0 Å². The highest BCUT2D eigenvalue weighted by Crippen LogP contribution is 2.52. The summed E-state index contributed by atoms with van der Waals surface area (Å²) in [6.45, 7) is 2.02. The normalized spacial score (nSPS) is 15.9. The Bertz CT molecular complexity index is 1800. The summed E-state index contributed by atoms with van der Waals surface area (Å²) in [4.78, 5) is 29.5. The number of anilines is 2. The van der Waals surface area contributed by atoms with E-state index in [9.17, 15) is 4.79 Å². The highest BCUT2D eigenvalue weighted by Gasteiger charge is 2.48. The van der Waals surface area contributed by atoms with Crippen LogP contribution in [0.2, 0.25) is 10.0 Å². The van der Waals surface area contributed by atoms with E-state index in [0.29, 0.717) is 43.9 Å². The Kier molecular flexibility index (Phi) is 5.66. The number of hydrogen-bond donors (Lipinski definition) is 1. The van der Waals surface area contributed by atoms with Crippen molar-refractivity contribution in [1.82, 2.24) is 29.6 Å². The van der Waals surface area contributed by atoms with E-state index in [1.807, 2.05) is 6.07 Å². The number of rotatable bonds is 4. The zero-order valence-electron chi connectivity index (χ0n) is 21.0. The molecule has 8 nitrogen and oxygen atoms in total. The average molecular weight is 556 g/mol. The van der Waals surface area contributed by atoms with Gasteiger partial charge in [-0.2, -0.15) is 9.78 Å². The van der Waals surface area contributed by atoms with Crippen LogP contribution in [0.5, 0.6) is 0 Å². The maximum Gasteiger partial charge on any atom is 0.282 e. The van der Waals surface area contributed by atoms with Gasteiger partial charge in [0, 0.05) is 48.3 Å². The molecule has 2 aliphatic rings. The Morgan fingerprint density at radius 3 is 2.59 bits per heavy atom. The van der Waals surface area contributed by atoms with Crippen molar-refractivity contribution in [2.45, 2.75) is 24.8 Å². The molecule has 1 fully saturated rings. The molecule has 0 radical (unpaired) electrons. The molecule has 3 aromatic heterocycles. The molecule has 194 valence electrons. The number of hydrogen-bond acceptors (Lipinski definition) is 7. The van der Waals surface area contributed by atoms with E-state index >= 15 is 0 Å². The lowest BCUT2D eigenvalue weighted by atomic mass is 9.87. The number of nitrogens with zero attached hydrogens (tertiary/aromatic N) is 6. The highest BCUT2D eigenvalue weighted by molar-refractivity contribution is 6.37. The number of halogens is 2. The fourth-order valence-electron chi connectivity index (χ4n) is 5.60. The summed E-state index contributed by atoms with van der Waals surface area (Å²) < 4.78 is 1.21. The van der Waals surface area contributed by atoms with E-state index in [4.69, 9.17) is 28.2 Å². The van der Waals surface area contributed by atoms with Crippen molar-refractivity contribution in [2.75, 3.05) is 18.9 Å². The van der Waals surface area contributed by atoms with Crippen LogP contribution >= 0.6 is 23.2 Å². The van der Waals surface area contributed by atoms with Crippen LogP contribution in [-0.4, -0.2) is 43.2 Å². The van der Waals surface area contributed by atoms with Gasteiger partial charge < -0.3 is 10.2 Å². The molecule has 2 aromatic carbocycles. The molecule has 1 spiro atoms. The number of aromatic nitrogens is 5. The van der Waals surface area contributed by atoms with Crippen molar-refractivity contribution < 1.29 is 0 Å². The first-order chi connectivity index (χ1) is 18.9. The van der Waals surface area contributed by atoms with Gasteiger partial charge in [-0.15, -0.1) is 0 Å². The molecule has 0 bridgehead atoms. The summed E-state index contributed by atoms with van der Waals surface area (Å²) in [7, 11) is 2.17. The predicted molar refractivity (Wildman–Crippen MR) is 153 cm³/mol. The van der Waals surface area contributed by atoms with E-state index in [0.717, 1.165) is 18.8 Å². The van der Waals surface area contributed by atoms with Gasteiger partial charge in [0.25, 0.3) is 5.56 Å². The zero-order chi connectivity index (χ0) is 26.7. The molecule has 7 rings (SSSR count). The van der Waals surface area contributed by atoms with E-state index in [2.05, 4.69) is 50.5 Å². The molecule has 0 unspecified atom stereocenters. The van der Waals surface area contributed by atoms with Crippen molar-refractivity contribution in [3.8, 4) is 16.9 Å². The van der Waals surface area contributed by atoms with Crippen LogP contribution in [0.1, 0.15) is 24.0 Å². The SMILES string of the molecule is CN1Cc2cc(Nc3ncc4c(=O)n(-c5c(Cl)cccc5Cl)nc(-c5cccnc5)c4n3)ccc2C2(CC2)C1. The van der Waals surface area contributed by atoms with Gasteiger partial charge in [-0.1, -0.05) is 35.3 Å². The minimum absolute atomic E-state index is 0.285. The van der Waals surface area contributed by atoms with Gasteiger partial charge in [0.05, 0.1) is 15.4 Å². The molecule has 5 aromatic rings. The highest BCUT2D eigenvalue weighted by atomic mass is 35.5. The van der Waals surface area contributed by atoms with E-state index in [1.165, 1.54) is 34.8 Å². The number of fused-ring (bicyclic) bond motifs is 3. The summed E-state index contributed by atoms with van der Waals surface area (Å²) in [6.07, 6.45) is 7.35. The van der Waals surface area contributed by atoms with Gasteiger partial charge in [0.15, 0.2) is 0 Å². The molecule has 0 amide bonds. The molecule has 1 aliphatic heterocycles. The second-order valence-corrected chi connectivity index (χ2v) is 11.1. The van der Waals surface area contributed by atoms with Crippen LogP contribution in [0.3, 0.4) is 0 Å². The first-order valence-corrected chi connectivity index (χ1v) is 13.4. The standard InChI is InChI=1S/C29H23Cl2N7O/c1-37-15-18-12-19(7-8-21(18)29(16-37)9-10-29)34-28-33-14-20-25(35-28)24(17-4-3-11-32-13-17)36-38(27(20)39)26-22(30)5-2-6-23(26)31/h2-8,11-14H,9-10,15-16H2,1H3,(H,33,34,35). The van der Waals surface area contributed by atoms with Crippen LogP contribution in [-0.2, 0) is 12.0 Å². The van der Waals surface area contributed by atoms with E-state index < -0.39 is 5.56 Å². The molecule has 1 N–H and O–H groups in total. The summed E-state index contributed by atoms with van der Waals surface area (Å²) >= 11 is 12.9. The molecular weight excluding hydrogens is 533 g/mol. The second-order valence-electron chi connectivity index (χ2n) is 10.3. The van der Waals surface area contributed by atoms with Crippen LogP contribution < -0.4 is 10.9 Å². The van der Waals surface area contributed by atoms with Gasteiger partial charge in [-0.25, -0.2) is 9.97 Å². The minimum Gasteiger partial charge on any atom is -0.324 e. The molecule has 4 heterocycles. The first-order valence-electron chi connectivity index (χ1n) is 12.7. The summed E-state index contributed by atoms with van der Waals surface area (Å²) in [5.74, 6) is 0.368. The van der Waals surface area contributed by atoms with Crippen LogP contribution in [0.15, 0.2) is 71.9 Å². The lowest BCUT2D eigenvalue weighted by Gasteiger charge is -2.32. The lowest BCUT2D eigenvalue weighted by Crippen LogP contribution is -2.35. The third-order valence-corrected chi connectivity index (χ3v) is 8.13. The predicted octanol–water partition coefficient (Wildman–Crippen LogP) is 5.77. The summed E-state index contributed by atoms with van der Waals surface area (Å²) in [5, 5.41) is 8.90. The quantitative estimate of drug-likeness (QED) is 0.301. The van der Waals surface area contributed by atoms with Crippen molar-refractivity contribution >= 4 is 45.7 Å². The van der Waals surface area contributed by atoms with E-state index in [1.54, 1.807) is 36.7 Å².